The number of nitriles is 1. The van der Waals surface area contributed by atoms with Crippen molar-refractivity contribution >= 4 is 22.2 Å². The van der Waals surface area contributed by atoms with Crippen molar-refractivity contribution in [1.29, 1.82) is 5.26 Å². The number of nitrogens with one attached hydrogen (secondary N) is 1. The molecule has 2 aromatic rings. The number of hydrogen-bond donors (Lipinski definition) is 1. The van der Waals surface area contributed by atoms with E-state index in [4.69, 9.17) is 4.74 Å². The second-order valence-electron chi connectivity index (χ2n) is 6.39. The van der Waals surface area contributed by atoms with Crippen LogP contribution in [0.5, 0.6) is 5.75 Å². The Morgan fingerprint density at radius 3 is 2.62 bits per heavy atom. The summed E-state index contributed by atoms with van der Waals surface area (Å²) >= 11 is 1.58. The van der Waals surface area contributed by atoms with Crippen molar-refractivity contribution in [2.24, 2.45) is 0 Å². The van der Waals surface area contributed by atoms with Gasteiger partial charge in [0.1, 0.15) is 11.8 Å². The minimum Gasteiger partial charge on any atom is -0.497 e. The molecule has 0 unspecified atom stereocenters. The predicted octanol–water partition coefficient (Wildman–Crippen LogP) is 5.17. The Morgan fingerprint density at radius 2 is 1.92 bits per heavy atom. The first-order valence-electron chi connectivity index (χ1n) is 8.85. The molecule has 2 aliphatic rings. The van der Waals surface area contributed by atoms with E-state index in [0.29, 0.717) is 0 Å². The second-order valence-corrected chi connectivity index (χ2v) is 7.41. The molecule has 1 N–H and O–H groups in total. The molecule has 4 heteroatoms. The zero-order valence-corrected chi connectivity index (χ0v) is 15.5. The van der Waals surface area contributed by atoms with Crippen LogP contribution in [0.25, 0.3) is 10.5 Å². The predicted molar refractivity (Wildman–Crippen MR) is 107 cm³/mol. The number of rotatable bonds is 2. The van der Waals surface area contributed by atoms with Gasteiger partial charge >= 0.3 is 0 Å². The van der Waals surface area contributed by atoms with Crippen LogP contribution in [0.2, 0.25) is 0 Å². The summed E-state index contributed by atoms with van der Waals surface area (Å²) in [5.74, 6) is 0.839. The molecule has 1 saturated heterocycles. The molecule has 2 aromatic carbocycles. The quantitative estimate of drug-likeness (QED) is 0.803. The van der Waals surface area contributed by atoms with Gasteiger partial charge < -0.3 is 10.1 Å². The maximum atomic E-state index is 9.87. The number of hydrogen-bond acceptors (Lipinski definition) is 4. The highest BCUT2D eigenvalue weighted by Crippen LogP contribution is 2.50. The highest BCUT2D eigenvalue weighted by molar-refractivity contribution is 8.12. The molecular formula is C22H20N2OS. The van der Waals surface area contributed by atoms with E-state index in [0.717, 1.165) is 50.8 Å². The third kappa shape index (κ3) is 3.00. The Balaban J connectivity index is 1.96. The number of allylic oxidation sites excluding steroid dienone is 2. The van der Waals surface area contributed by atoms with Gasteiger partial charge in [-0.25, -0.2) is 0 Å². The minimum absolute atomic E-state index is 0.753. The molecule has 2 heterocycles. The molecule has 0 aliphatic carbocycles. The summed E-state index contributed by atoms with van der Waals surface area (Å²) in [6, 6.07) is 18.8. The molecule has 0 atom stereocenters. The summed E-state index contributed by atoms with van der Waals surface area (Å²) in [5.41, 5.74) is 5.58. The van der Waals surface area contributed by atoms with Crippen LogP contribution in [-0.2, 0) is 0 Å². The lowest BCUT2D eigenvalue weighted by atomic mass is 9.91. The van der Waals surface area contributed by atoms with Gasteiger partial charge in [-0.2, -0.15) is 5.26 Å². The van der Waals surface area contributed by atoms with Crippen LogP contribution in [-0.4, -0.2) is 13.7 Å². The van der Waals surface area contributed by atoms with E-state index in [1.807, 2.05) is 24.3 Å². The number of ether oxygens (including phenoxy) is 1. The van der Waals surface area contributed by atoms with Gasteiger partial charge in [-0.05, 0) is 48.6 Å². The van der Waals surface area contributed by atoms with E-state index in [2.05, 4.69) is 35.7 Å². The van der Waals surface area contributed by atoms with Crippen molar-refractivity contribution < 1.29 is 4.74 Å². The summed E-state index contributed by atoms with van der Waals surface area (Å²) in [6.07, 6.45) is 3.41. The zero-order valence-electron chi connectivity index (χ0n) is 14.7. The summed E-state index contributed by atoms with van der Waals surface area (Å²) in [7, 11) is 1.69. The smallest absolute Gasteiger partial charge is 0.119 e. The number of thioether (sulfide) groups is 1. The van der Waals surface area contributed by atoms with E-state index in [1.54, 1.807) is 18.9 Å². The first kappa shape index (κ1) is 16.8. The number of methoxy groups -OCH3 is 1. The molecule has 3 nitrogen and oxygen atoms in total. The maximum absolute atomic E-state index is 9.87. The molecular weight excluding hydrogens is 340 g/mol. The Bertz CT molecular complexity index is 930. The van der Waals surface area contributed by atoms with E-state index in [-0.39, 0.29) is 0 Å². The Kier molecular flexibility index (Phi) is 4.73. The van der Waals surface area contributed by atoms with E-state index in [1.165, 1.54) is 18.5 Å². The van der Waals surface area contributed by atoms with Crippen LogP contribution in [0.4, 0.5) is 0 Å². The van der Waals surface area contributed by atoms with E-state index >= 15 is 0 Å². The monoisotopic (exact) mass is 360 g/mol. The van der Waals surface area contributed by atoms with Crippen molar-refractivity contribution in [1.82, 2.24) is 5.32 Å². The topological polar surface area (TPSA) is 45.0 Å². The average molecular weight is 360 g/mol. The van der Waals surface area contributed by atoms with Gasteiger partial charge in [-0.1, -0.05) is 42.1 Å². The van der Waals surface area contributed by atoms with Crippen molar-refractivity contribution in [3.05, 3.63) is 75.8 Å². The van der Waals surface area contributed by atoms with Gasteiger partial charge in [-0.15, -0.1) is 0 Å². The third-order valence-electron chi connectivity index (χ3n) is 4.80. The van der Waals surface area contributed by atoms with Crippen LogP contribution in [0, 0.1) is 11.3 Å². The second kappa shape index (κ2) is 7.31. The van der Waals surface area contributed by atoms with Crippen LogP contribution in [0.15, 0.2) is 59.1 Å². The standard InChI is InChI=1S/C22H20N2OS/c1-25-16-10-11-17-18(13-16)22(19-9-5-6-12-24-19)26-20(14-23)21(17)15-7-3-2-4-8-15/h2-4,7-8,10-11,13,24H,5-6,9,12H2,1H3/b22-19+. The van der Waals surface area contributed by atoms with Gasteiger partial charge in [0.25, 0.3) is 0 Å². The number of benzene rings is 2. The molecule has 26 heavy (non-hydrogen) atoms. The normalized spacial score (nSPS) is 19.4. The molecule has 0 aromatic heterocycles. The first-order chi connectivity index (χ1) is 12.8. The molecule has 0 radical (unpaired) electrons. The molecule has 130 valence electrons. The van der Waals surface area contributed by atoms with Gasteiger partial charge in [0.2, 0.25) is 0 Å². The molecule has 4 rings (SSSR count). The molecule has 0 amide bonds. The lowest BCUT2D eigenvalue weighted by molar-refractivity contribution is 0.414. The van der Waals surface area contributed by atoms with Gasteiger partial charge in [-0.3, -0.25) is 0 Å². The maximum Gasteiger partial charge on any atom is 0.119 e. The summed E-state index contributed by atoms with van der Waals surface area (Å²) < 4.78 is 5.48. The lowest BCUT2D eigenvalue weighted by Crippen LogP contribution is -2.21. The number of piperidine rings is 1. The van der Waals surface area contributed by atoms with Gasteiger partial charge in [0.15, 0.2) is 0 Å². The van der Waals surface area contributed by atoms with E-state index < -0.39 is 0 Å². The summed E-state index contributed by atoms with van der Waals surface area (Å²) in [6.45, 7) is 0.996. The van der Waals surface area contributed by atoms with E-state index in [9.17, 15) is 5.26 Å². The van der Waals surface area contributed by atoms with Crippen LogP contribution < -0.4 is 10.1 Å². The fourth-order valence-corrected chi connectivity index (χ4v) is 4.69. The molecule has 2 aliphatic heterocycles. The number of fused-ring (bicyclic) bond motifs is 1. The van der Waals surface area contributed by atoms with Crippen LogP contribution in [0.1, 0.15) is 36.0 Å². The Hall–Kier alpha value is -2.64. The van der Waals surface area contributed by atoms with Gasteiger partial charge in [0, 0.05) is 28.3 Å². The number of nitrogens with zero attached hydrogens (tertiary/aromatic N) is 1. The Morgan fingerprint density at radius 1 is 1.08 bits per heavy atom. The molecule has 0 spiro atoms. The SMILES string of the molecule is COc1ccc2c(c1)/C(=C1/CCCCN1)SC(C#N)=C2c1ccccc1. The molecule has 1 fully saturated rings. The molecule has 0 saturated carbocycles. The fraction of sp³-hybridized carbons (Fsp3) is 0.227. The first-order valence-corrected chi connectivity index (χ1v) is 9.67. The van der Waals surface area contributed by atoms with Crippen molar-refractivity contribution in [3.8, 4) is 11.8 Å². The largest absolute Gasteiger partial charge is 0.497 e. The lowest BCUT2D eigenvalue weighted by Gasteiger charge is -2.27. The van der Waals surface area contributed by atoms with Crippen LogP contribution in [0.3, 0.4) is 0 Å². The third-order valence-corrected chi connectivity index (χ3v) is 5.97. The van der Waals surface area contributed by atoms with Gasteiger partial charge in [0.05, 0.1) is 12.0 Å². The summed E-state index contributed by atoms with van der Waals surface area (Å²) in [4.78, 5) is 1.92. The summed E-state index contributed by atoms with van der Waals surface area (Å²) in [5, 5.41) is 13.4. The van der Waals surface area contributed by atoms with Crippen molar-refractivity contribution in [3.63, 3.8) is 0 Å². The Labute approximate surface area is 158 Å². The molecule has 0 bridgehead atoms. The fourth-order valence-electron chi connectivity index (χ4n) is 3.53. The average Bonchev–Trinajstić information content (AvgIpc) is 2.73. The highest BCUT2D eigenvalue weighted by Gasteiger charge is 2.27. The van der Waals surface area contributed by atoms with Crippen LogP contribution >= 0.6 is 11.8 Å². The van der Waals surface area contributed by atoms with Crippen molar-refractivity contribution in [2.75, 3.05) is 13.7 Å². The van der Waals surface area contributed by atoms with Crippen molar-refractivity contribution in [2.45, 2.75) is 19.3 Å². The minimum atomic E-state index is 0.753. The zero-order chi connectivity index (χ0) is 17.9. The highest BCUT2D eigenvalue weighted by atomic mass is 32.2.